The zero-order valence-corrected chi connectivity index (χ0v) is 44.8. The third-order valence-electron chi connectivity index (χ3n) is 13.5. The fourth-order valence-electron chi connectivity index (χ4n) is 10.0. The Kier molecular flexibility index (Phi) is 19.7. The first-order chi connectivity index (χ1) is 35.5. The number of piperidine rings is 2. The predicted octanol–water partition coefficient (Wildman–Crippen LogP) is 7.78. The van der Waals surface area contributed by atoms with E-state index in [0.717, 1.165) is 91.5 Å². The van der Waals surface area contributed by atoms with Crippen molar-refractivity contribution < 1.29 is 47.3 Å². The smallest absolute Gasteiger partial charge is 0.349 e. The number of hydrogen-bond donors (Lipinski definition) is 4. The van der Waals surface area contributed by atoms with Crippen LogP contribution in [-0.4, -0.2) is 146 Å². The molecule has 74 heavy (non-hydrogen) atoms. The second kappa shape index (κ2) is 25.7. The second-order valence-corrected chi connectivity index (χ2v) is 22.0. The van der Waals surface area contributed by atoms with E-state index in [-0.39, 0.29) is 34.1 Å². The highest BCUT2D eigenvalue weighted by atomic mass is 35.5. The number of carboxylic acids is 1. The maximum atomic E-state index is 14.2. The number of aliphatic hydroxyl groups excluding tert-OH is 1. The molecule has 3 unspecified atom stereocenters. The number of anilines is 2. The van der Waals surface area contributed by atoms with Gasteiger partial charge >= 0.3 is 5.97 Å². The molecule has 4 aromatic rings. The summed E-state index contributed by atoms with van der Waals surface area (Å²) in [6.45, 7) is 9.89. The quantitative estimate of drug-likeness (QED) is 0.0698. The maximum Gasteiger partial charge on any atom is 0.349 e. The molecular formula is C53H65ClN8O10S2. The fraction of sp³-hybridized carbons (Fsp3) is 0.415. The minimum Gasteiger partial charge on any atom is -0.483 e. The number of imide groups is 1. The van der Waals surface area contributed by atoms with Gasteiger partial charge in [0.25, 0.3) is 0 Å². The summed E-state index contributed by atoms with van der Waals surface area (Å²) < 4.78 is 35.3. The Labute approximate surface area is 441 Å². The first-order valence-electron chi connectivity index (χ1n) is 24.4. The van der Waals surface area contributed by atoms with Crippen LogP contribution in [0.5, 0.6) is 5.75 Å². The summed E-state index contributed by atoms with van der Waals surface area (Å²) >= 11 is 7.55. The van der Waals surface area contributed by atoms with E-state index in [9.17, 15) is 27.9 Å². The molecule has 18 nitrogen and oxygen atoms in total. The zero-order valence-electron chi connectivity index (χ0n) is 42.4. The van der Waals surface area contributed by atoms with Gasteiger partial charge in [0.1, 0.15) is 23.2 Å². The number of likely N-dealkylation sites (tertiary alicyclic amines) is 1. The summed E-state index contributed by atoms with van der Waals surface area (Å²) in [5, 5.41) is 24.3. The van der Waals surface area contributed by atoms with Crippen molar-refractivity contribution in [3.8, 4) is 16.2 Å². The van der Waals surface area contributed by atoms with E-state index >= 15 is 0 Å². The van der Waals surface area contributed by atoms with Crippen LogP contribution in [0, 0.1) is 0 Å². The average molecular weight is 1070 g/mol. The van der Waals surface area contributed by atoms with Gasteiger partial charge in [-0.2, -0.15) is 4.31 Å². The highest BCUT2D eigenvalue weighted by molar-refractivity contribution is 7.89. The van der Waals surface area contributed by atoms with E-state index in [1.54, 1.807) is 15.7 Å². The number of hydrogen-bond acceptors (Lipinski definition) is 16. The molecule has 5 heterocycles. The largest absolute Gasteiger partial charge is 0.483 e. The number of aldehydes is 2. The molecule has 2 fully saturated rings. The third kappa shape index (κ3) is 13.1. The monoisotopic (exact) mass is 1070 g/mol. The Bertz CT molecular complexity index is 2910. The summed E-state index contributed by atoms with van der Waals surface area (Å²) in [6.07, 6.45) is 14.2. The van der Waals surface area contributed by atoms with E-state index in [1.165, 1.54) is 5.56 Å². The van der Waals surface area contributed by atoms with Gasteiger partial charge in [-0.15, -0.1) is 11.3 Å². The molecule has 0 bridgehead atoms. The highest BCUT2D eigenvalue weighted by Crippen LogP contribution is 2.46. The van der Waals surface area contributed by atoms with Gasteiger partial charge in [0.15, 0.2) is 23.2 Å². The van der Waals surface area contributed by atoms with Crippen molar-refractivity contribution in [2.24, 2.45) is 9.98 Å². The number of fused-ring (bicyclic) bond motifs is 2. The summed E-state index contributed by atoms with van der Waals surface area (Å²) in [5.74, 6) is -0.340. The molecule has 0 aliphatic carbocycles. The number of amides is 2. The number of carboxylic acid groups (broad SMARTS) is 1. The molecule has 8 rings (SSSR count). The van der Waals surface area contributed by atoms with Gasteiger partial charge in [0.05, 0.1) is 10.6 Å². The molecule has 3 aromatic carbocycles. The van der Waals surface area contributed by atoms with Crippen LogP contribution in [0.15, 0.2) is 89.1 Å². The van der Waals surface area contributed by atoms with Gasteiger partial charge < -0.3 is 40.3 Å². The average Bonchev–Trinajstić information content (AvgIpc) is 3.73. The number of ether oxygens (including phenoxy) is 1. The standard InChI is InChI=1S/C50H58ClN7O7S2.C2H3NO2.CH4O/c1-6-9-32(2)55(5)41-15-14-39(40-13-8-11-35(30-60)43(40)41)33-16-21-56(22-17-33)42-20-24-57-23-18-38(53-49(57)54-42)31-67(63,64)58-25-19-37(29-50(58,3)4)52-36-12-7-10-34(28-36)46-44(51)45(65-27-26-59)47(66-46)48(61)62;4-1-3-2-5;1-2/h7-8,10-15,18,20,23-24,26,28,30,32-33,37,49,52H,6,9,16-17,19,21-22,25,27,29,31H2,1-5H3,(H,61,62);1-2H,(H,3,4,5);2H,1H3. The number of aliphatic imine (C=N–C) groups is 2. The number of carbonyl (C=O) groups is 5. The maximum absolute atomic E-state index is 14.2. The number of aliphatic hydroxyl groups is 1. The van der Waals surface area contributed by atoms with Crippen LogP contribution in [0.1, 0.15) is 97.7 Å². The molecule has 1 aromatic heterocycles. The van der Waals surface area contributed by atoms with E-state index in [4.69, 9.17) is 41.0 Å². The molecule has 4 aliphatic rings. The molecule has 0 spiro atoms. The zero-order chi connectivity index (χ0) is 53.7. The minimum absolute atomic E-state index is 0.0358. The Hall–Kier alpha value is -6.45. The van der Waals surface area contributed by atoms with Gasteiger partial charge in [-0.25, -0.2) is 23.2 Å². The van der Waals surface area contributed by atoms with Crippen LogP contribution in [0.2, 0.25) is 5.02 Å². The van der Waals surface area contributed by atoms with Crippen molar-refractivity contribution in [2.75, 3.05) is 56.4 Å². The Morgan fingerprint density at radius 2 is 1.72 bits per heavy atom. The van der Waals surface area contributed by atoms with Crippen LogP contribution in [0.25, 0.3) is 21.2 Å². The lowest BCUT2D eigenvalue weighted by Gasteiger charge is -2.45. The summed E-state index contributed by atoms with van der Waals surface area (Å²) in [5.41, 5.74) is 4.26. The lowest BCUT2D eigenvalue weighted by molar-refractivity contribution is -0.117. The van der Waals surface area contributed by atoms with Crippen LogP contribution in [-0.2, 0) is 24.4 Å². The number of aromatic carboxylic acids is 1. The van der Waals surface area contributed by atoms with Crippen LogP contribution < -0.4 is 20.3 Å². The highest BCUT2D eigenvalue weighted by Gasteiger charge is 2.42. The fourth-order valence-corrected chi connectivity index (χ4v) is 13.4. The molecule has 0 saturated carbocycles. The van der Waals surface area contributed by atoms with Crippen molar-refractivity contribution in [3.63, 3.8) is 0 Å². The van der Waals surface area contributed by atoms with Gasteiger partial charge in [-0.1, -0.05) is 61.3 Å². The van der Waals surface area contributed by atoms with Gasteiger partial charge in [0.2, 0.25) is 29.1 Å². The SMILES string of the molecule is CCCC(C)N(C)c1ccc(C2CCN(C3=NC4N=C(CS(=O)(=O)N5CCC(Nc6cccc(-c7sc(C(=O)O)c(OCC=O)c7Cl)c6)CC5(C)C)C=CN4C=C3)CC2)c2cccc(C=O)c12.CO.O=CNC=O. The number of amidine groups is 1. The third-order valence-corrected chi connectivity index (χ3v) is 17.2. The van der Waals surface area contributed by atoms with Crippen LogP contribution in [0.4, 0.5) is 11.4 Å². The van der Waals surface area contributed by atoms with Crippen LogP contribution >= 0.6 is 22.9 Å². The number of benzene rings is 3. The van der Waals surface area contributed by atoms with E-state index in [1.807, 2.05) is 73.6 Å². The molecule has 21 heteroatoms. The van der Waals surface area contributed by atoms with Crippen LogP contribution in [0.3, 0.4) is 0 Å². The predicted molar refractivity (Wildman–Crippen MR) is 292 cm³/mol. The molecular weight excluding hydrogens is 1010 g/mol. The Morgan fingerprint density at radius 3 is 2.36 bits per heavy atom. The summed E-state index contributed by atoms with van der Waals surface area (Å²) in [4.78, 5) is 70.0. The lowest BCUT2D eigenvalue weighted by atomic mass is 9.85. The van der Waals surface area contributed by atoms with Crippen molar-refractivity contribution in [2.45, 2.75) is 96.1 Å². The molecule has 0 radical (unpaired) electrons. The number of allylic oxidation sites excluding steroid dienone is 1. The number of rotatable bonds is 18. The van der Waals surface area contributed by atoms with Gasteiger partial charge in [-0.3, -0.25) is 19.2 Å². The van der Waals surface area contributed by atoms with Gasteiger partial charge in [0, 0.05) is 86.1 Å². The summed E-state index contributed by atoms with van der Waals surface area (Å²) in [6, 6.07) is 18.2. The number of carbonyl (C=O) groups excluding carboxylic acids is 4. The van der Waals surface area contributed by atoms with Crippen molar-refractivity contribution in [3.05, 3.63) is 100 Å². The Morgan fingerprint density at radius 1 is 1.00 bits per heavy atom. The van der Waals surface area contributed by atoms with Crippen molar-refractivity contribution in [1.82, 2.24) is 19.4 Å². The number of halogens is 1. The molecule has 2 amide bonds. The number of thiophene rings is 1. The molecule has 4 N–H and O–H groups in total. The Balaban J connectivity index is 0.00000120. The van der Waals surface area contributed by atoms with Crippen molar-refractivity contribution in [1.29, 1.82) is 0 Å². The van der Waals surface area contributed by atoms with Crippen molar-refractivity contribution >= 4 is 98.0 Å². The first kappa shape index (κ1) is 56.8. The topological polar surface area (TPSA) is 231 Å². The summed E-state index contributed by atoms with van der Waals surface area (Å²) in [7, 11) is -0.657. The van der Waals surface area contributed by atoms with E-state index < -0.39 is 27.8 Å². The van der Waals surface area contributed by atoms with Gasteiger partial charge in [-0.05, 0) is 106 Å². The number of nitrogens with zero attached hydrogens (tertiary/aromatic N) is 6. The minimum atomic E-state index is -3.78. The van der Waals surface area contributed by atoms with E-state index in [2.05, 4.69) is 54.2 Å². The number of sulfonamides is 1. The molecule has 2 saturated heterocycles. The molecule has 4 aliphatic heterocycles. The lowest BCUT2D eigenvalue weighted by Crippen LogP contribution is -2.56. The molecule has 3 atom stereocenters. The van der Waals surface area contributed by atoms with E-state index in [0.29, 0.717) is 72.2 Å². The normalized spacial score (nSPS) is 18.8. The number of nitrogens with one attached hydrogen (secondary N) is 2. The first-order valence-corrected chi connectivity index (χ1v) is 27.2. The second-order valence-electron chi connectivity index (χ2n) is 18.7. The molecule has 396 valence electrons.